The maximum Gasteiger partial charge on any atom is 0.0461 e. The average molecular weight is 144 g/mol. The smallest absolute Gasteiger partial charge is 0.0461 e. The van der Waals surface area contributed by atoms with E-state index in [4.69, 9.17) is 10.2 Å². The molecule has 3 unspecified atom stereocenters. The first-order valence-electron chi connectivity index (χ1n) is 3.99. The van der Waals surface area contributed by atoms with Crippen LogP contribution in [0.5, 0.6) is 0 Å². The van der Waals surface area contributed by atoms with E-state index >= 15 is 0 Å². The normalized spacial score (nSPS) is 40.5. The Morgan fingerprint density at radius 3 is 2.20 bits per heavy atom. The van der Waals surface area contributed by atoms with E-state index in [1.807, 2.05) is 0 Å². The Morgan fingerprint density at radius 2 is 1.90 bits per heavy atom. The van der Waals surface area contributed by atoms with Gasteiger partial charge in [-0.1, -0.05) is 6.92 Å². The molecule has 0 radical (unpaired) electrons. The molecule has 0 amide bonds. The molecule has 1 rings (SSSR count). The molecular formula is C8H16O2. The van der Waals surface area contributed by atoms with Gasteiger partial charge >= 0.3 is 0 Å². The van der Waals surface area contributed by atoms with Crippen LogP contribution in [0.2, 0.25) is 0 Å². The Bertz CT molecular complexity index is 103. The minimum Gasteiger partial charge on any atom is -0.396 e. The van der Waals surface area contributed by atoms with Gasteiger partial charge in [-0.2, -0.15) is 0 Å². The van der Waals surface area contributed by atoms with Crippen molar-refractivity contribution in [3.05, 3.63) is 0 Å². The Balaban J connectivity index is 2.36. The third-order valence-corrected chi connectivity index (χ3v) is 2.64. The summed E-state index contributed by atoms with van der Waals surface area (Å²) in [6, 6.07) is 0. The number of aliphatic hydroxyl groups is 2. The Hall–Kier alpha value is -0.0800. The molecular weight excluding hydrogens is 128 g/mol. The van der Waals surface area contributed by atoms with Crippen LogP contribution in [0.1, 0.15) is 19.8 Å². The van der Waals surface area contributed by atoms with E-state index in [1.54, 1.807) is 0 Å². The minimum atomic E-state index is 0.289. The summed E-state index contributed by atoms with van der Waals surface area (Å²) in [5.74, 6) is 1.49. The van der Waals surface area contributed by atoms with Gasteiger partial charge in [0, 0.05) is 13.2 Å². The van der Waals surface area contributed by atoms with Crippen LogP contribution in [0.25, 0.3) is 0 Å². The molecule has 2 heteroatoms. The number of hydrogen-bond acceptors (Lipinski definition) is 2. The molecule has 0 saturated heterocycles. The maximum atomic E-state index is 8.87. The van der Waals surface area contributed by atoms with E-state index in [9.17, 15) is 0 Å². The van der Waals surface area contributed by atoms with Crippen LogP contribution in [0.15, 0.2) is 0 Å². The second kappa shape index (κ2) is 3.35. The fourth-order valence-corrected chi connectivity index (χ4v) is 1.88. The zero-order chi connectivity index (χ0) is 7.56. The number of rotatable bonds is 2. The Morgan fingerprint density at radius 1 is 1.20 bits per heavy atom. The third kappa shape index (κ3) is 1.50. The lowest BCUT2D eigenvalue weighted by molar-refractivity contribution is 0.192. The van der Waals surface area contributed by atoms with Crippen molar-refractivity contribution in [3.8, 4) is 0 Å². The topological polar surface area (TPSA) is 40.5 Å². The van der Waals surface area contributed by atoms with Gasteiger partial charge in [0.25, 0.3) is 0 Å². The molecule has 10 heavy (non-hydrogen) atoms. The highest BCUT2D eigenvalue weighted by Gasteiger charge is 2.29. The van der Waals surface area contributed by atoms with Gasteiger partial charge in [0.15, 0.2) is 0 Å². The first-order valence-corrected chi connectivity index (χ1v) is 3.99. The molecule has 0 heterocycles. The van der Waals surface area contributed by atoms with Crippen molar-refractivity contribution in [1.82, 2.24) is 0 Å². The molecule has 1 saturated carbocycles. The molecule has 1 aliphatic rings. The van der Waals surface area contributed by atoms with Crippen LogP contribution >= 0.6 is 0 Å². The van der Waals surface area contributed by atoms with Crippen LogP contribution in [-0.4, -0.2) is 23.4 Å². The van der Waals surface area contributed by atoms with E-state index in [2.05, 4.69) is 6.92 Å². The first kappa shape index (κ1) is 8.02. The van der Waals surface area contributed by atoms with Crippen molar-refractivity contribution in [3.63, 3.8) is 0 Å². The molecule has 1 fully saturated rings. The molecule has 0 bridgehead atoms. The highest BCUT2D eigenvalue weighted by molar-refractivity contribution is 4.79. The van der Waals surface area contributed by atoms with Gasteiger partial charge in [-0.3, -0.25) is 0 Å². The number of hydrogen-bond donors (Lipinski definition) is 2. The summed E-state index contributed by atoms with van der Waals surface area (Å²) in [4.78, 5) is 0. The summed E-state index contributed by atoms with van der Waals surface area (Å²) in [5, 5.41) is 17.7. The summed E-state index contributed by atoms with van der Waals surface area (Å²) in [5.41, 5.74) is 0. The van der Waals surface area contributed by atoms with Gasteiger partial charge in [-0.25, -0.2) is 0 Å². The van der Waals surface area contributed by atoms with E-state index in [0.29, 0.717) is 24.4 Å². The third-order valence-electron chi connectivity index (χ3n) is 2.64. The molecule has 0 aromatic rings. The number of aliphatic hydroxyl groups excluding tert-OH is 2. The molecule has 0 spiro atoms. The van der Waals surface area contributed by atoms with Gasteiger partial charge in [-0.05, 0) is 30.6 Å². The largest absolute Gasteiger partial charge is 0.396 e. The van der Waals surface area contributed by atoms with E-state index in [0.717, 1.165) is 12.8 Å². The highest BCUT2D eigenvalue weighted by atomic mass is 16.3. The van der Waals surface area contributed by atoms with Crippen molar-refractivity contribution in [2.24, 2.45) is 17.8 Å². The van der Waals surface area contributed by atoms with Gasteiger partial charge < -0.3 is 10.2 Å². The molecule has 0 aromatic heterocycles. The molecule has 0 aromatic carbocycles. The van der Waals surface area contributed by atoms with Crippen LogP contribution in [0.4, 0.5) is 0 Å². The minimum absolute atomic E-state index is 0.289. The molecule has 2 nitrogen and oxygen atoms in total. The average Bonchev–Trinajstić information content (AvgIpc) is 2.30. The fourth-order valence-electron chi connectivity index (χ4n) is 1.88. The predicted octanol–water partition coefficient (Wildman–Crippen LogP) is 0.633. The Kier molecular flexibility index (Phi) is 2.69. The second-order valence-electron chi connectivity index (χ2n) is 3.44. The van der Waals surface area contributed by atoms with E-state index < -0.39 is 0 Å². The zero-order valence-electron chi connectivity index (χ0n) is 6.45. The summed E-state index contributed by atoms with van der Waals surface area (Å²) in [6.45, 7) is 2.73. The maximum absolute atomic E-state index is 8.87. The van der Waals surface area contributed by atoms with Crippen LogP contribution < -0.4 is 0 Å². The first-order chi connectivity index (χ1) is 4.77. The quantitative estimate of drug-likeness (QED) is 0.597. The van der Waals surface area contributed by atoms with Crippen molar-refractivity contribution in [1.29, 1.82) is 0 Å². The lowest BCUT2D eigenvalue weighted by Crippen LogP contribution is -2.08. The van der Waals surface area contributed by atoms with Crippen LogP contribution in [0, 0.1) is 17.8 Å². The highest BCUT2D eigenvalue weighted by Crippen LogP contribution is 2.35. The van der Waals surface area contributed by atoms with Gasteiger partial charge in [0.05, 0.1) is 0 Å². The van der Waals surface area contributed by atoms with Crippen LogP contribution in [-0.2, 0) is 0 Å². The summed E-state index contributed by atoms with van der Waals surface area (Å²) in [6.07, 6.45) is 2.09. The summed E-state index contributed by atoms with van der Waals surface area (Å²) in [7, 11) is 0. The fraction of sp³-hybridized carbons (Fsp3) is 1.00. The van der Waals surface area contributed by atoms with Crippen molar-refractivity contribution in [2.75, 3.05) is 13.2 Å². The molecule has 0 aliphatic heterocycles. The standard InChI is InChI=1S/C8H16O2/c1-6-2-7(4-9)3-8(6)5-10/h6-10H,2-5H2,1H3. The lowest BCUT2D eigenvalue weighted by Gasteiger charge is -2.09. The Labute approximate surface area is 61.9 Å². The molecule has 60 valence electrons. The summed E-state index contributed by atoms with van der Waals surface area (Å²) >= 11 is 0. The SMILES string of the molecule is CC1CC(CO)CC1CO. The van der Waals surface area contributed by atoms with Crippen molar-refractivity contribution in [2.45, 2.75) is 19.8 Å². The molecule has 2 N–H and O–H groups in total. The molecule has 3 atom stereocenters. The lowest BCUT2D eigenvalue weighted by atomic mass is 10.00. The second-order valence-corrected chi connectivity index (χ2v) is 3.44. The van der Waals surface area contributed by atoms with E-state index in [1.165, 1.54) is 0 Å². The monoisotopic (exact) mass is 144 g/mol. The van der Waals surface area contributed by atoms with Gasteiger partial charge in [0.2, 0.25) is 0 Å². The zero-order valence-corrected chi connectivity index (χ0v) is 6.45. The van der Waals surface area contributed by atoms with Crippen LogP contribution in [0.3, 0.4) is 0 Å². The summed E-state index contributed by atoms with van der Waals surface area (Å²) < 4.78 is 0. The predicted molar refractivity (Wildman–Crippen MR) is 39.5 cm³/mol. The van der Waals surface area contributed by atoms with Gasteiger partial charge in [-0.15, -0.1) is 0 Å². The van der Waals surface area contributed by atoms with Gasteiger partial charge in [0.1, 0.15) is 0 Å². The van der Waals surface area contributed by atoms with Crippen molar-refractivity contribution < 1.29 is 10.2 Å². The van der Waals surface area contributed by atoms with E-state index in [-0.39, 0.29) is 6.61 Å². The molecule has 1 aliphatic carbocycles. The van der Waals surface area contributed by atoms with Crippen molar-refractivity contribution >= 4 is 0 Å².